The maximum Gasteiger partial charge on any atom is 0.236 e. The Kier molecular flexibility index (Phi) is 5.75. The van der Waals surface area contributed by atoms with E-state index in [1.165, 1.54) is 6.33 Å². The van der Waals surface area contributed by atoms with Crippen molar-refractivity contribution < 1.29 is 14.3 Å². The second-order valence-electron chi connectivity index (χ2n) is 6.88. The summed E-state index contributed by atoms with van der Waals surface area (Å²) in [6.45, 7) is 4.87. The molecular weight excluding hydrogens is 360 g/mol. The van der Waals surface area contributed by atoms with Crippen LogP contribution in [0.2, 0.25) is 0 Å². The lowest BCUT2D eigenvalue weighted by molar-refractivity contribution is -0.141. The van der Waals surface area contributed by atoms with Gasteiger partial charge in [-0.2, -0.15) is 0 Å². The molecule has 2 fully saturated rings. The molecule has 1 amide bonds. The lowest BCUT2D eigenvalue weighted by Gasteiger charge is -2.35. The summed E-state index contributed by atoms with van der Waals surface area (Å²) in [6, 6.07) is 3.65. The fraction of sp³-hybridized carbons (Fsp3) is 0.474. The molecule has 148 valence electrons. The number of rotatable bonds is 4. The number of ether oxygens (including phenoxy) is 2. The van der Waals surface area contributed by atoms with Gasteiger partial charge in [0.2, 0.25) is 5.91 Å². The van der Waals surface area contributed by atoms with Crippen LogP contribution in [0.25, 0.3) is 11.1 Å². The van der Waals surface area contributed by atoms with Gasteiger partial charge in [-0.3, -0.25) is 9.69 Å². The SMILES string of the molecule is Nc1cc(-c2cncnc2C2CN(C(=O)CN3CCOCC3)CCO2)ccn1. The number of carbonyl (C=O) groups excluding carboxylic acids is 1. The topological polar surface area (TPSA) is 107 Å². The van der Waals surface area contributed by atoms with E-state index in [-0.39, 0.29) is 12.0 Å². The number of nitrogen functional groups attached to an aromatic ring is 1. The highest BCUT2D eigenvalue weighted by molar-refractivity contribution is 5.78. The normalized spacial score (nSPS) is 20.9. The van der Waals surface area contributed by atoms with Crippen molar-refractivity contribution >= 4 is 11.7 Å². The molecule has 9 nitrogen and oxygen atoms in total. The van der Waals surface area contributed by atoms with Gasteiger partial charge in [-0.25, -0.2) is 15.0 Å². The van der Waals surface area contributed by atoms with Gasteiger partial charge in [0, 0.05) is 37.6 Å². The third kappa shape index (κ3) is 4.27. The van der Waals surface area contributed by atoms with Crippen LogP contribution in [-0.2, 0) is 14.3 Å². The van der Waals surface area contributed by atoms with Gasteiger partial charge in [-0.1, -0.05) is 0 Å². The first-order valence-electron chi connectivity index (χ1n) is 9.42. The Hall–Kier alpha value is -2.62. The van der Waals surface area contributed by atoms with Crippen molar-refractivity contribution in [1.82, 2.24) is 24.8 Å². The van der Waals surface area contributed by atoms with E-state index in [1.807, 2.05) is 11.0 Å². The summed E-state index contributed by atoms with van der Waals surface area (Å²) in [7, 11) is 0. The molecule has 2 aromatic heterocycles. The van der Waals surface area contributed by atoms with Gasteiger partial charge in [-0.15, -0.1) is 0 Å². The molecule has 4 rings (SSSR count). The van der Waals surface area contributed by atoms with E-state index in [4.69, 9.17) is 15.2 Å². The minimum atomic E-state index is -0.310. The summed E-state index contributed by atoms with van der Waals surface area (Å²) in [5, 5.41) is 0. The average molecular weight is 384 g/mol. The Balaban J connectivity index is 1.50. The van der Waals surface area contributed by atoms with Crippen molar-refractivity contribution in [1.29, 1.82) is 0 Å². The van der Waals surface area contributed by atoms with E-state index in [9.17, 15) is 4.79 Å². The monoisotopic (exact) mass is 384 g/mol. The molecule has 0 aromatic carbocycles. The van der Waals surface area contributed by atoms with Crippen molar-refractivity contribution in [3.05, 3.63) is 36.5 Å². The first kappa shape index (κ1) is 18.7. The first-order valence-corrected chi connectivity index (χ1v) is 9.42. The number of aromatic nitrogens is 3. The first-order chi connectivity index (χ1) is 13.7. The number of nitrogens with zero attached hydrogens (tertiary/aromatic N) is 5. The maximum atomic E-state index is 12.8. The summed E-state index contributed by atoms with van der Waals surface area (Å²) >= 11 is 0. The largest absolute Gasteiger partial charge is 0.384 e. The van der Waals surface area contributed by atoms with E-state index in [2.05, 4.69) is 19.9 Å². The predicted molar refractivity (Wildman–Crippen MR) is 102 cm³/mol. The Bertz CT molecular complexity index is 827. The van der Waals surface area contributed by atoms with E-state index < -0.39 is 0 Å². The van der Waals surface area contributed by atoms with Crippen LogP contribution < -0.4 is 5.73 Å². The van der Waals surface area contributed by atoms with Crippen molar-refractivity contribution in [2.75, 3.05) is 58.3 Å². The Morgan fingerprint density at radius 3 is 2.89 bits per heavy atom. The molecule has 0 spiro atoms. The number of hydrogen-bond donors (Lipinski definition) is 1. The number of hydrogen-bond acceptors (Lipinski definition) is 8. The molecular formula is C19H24N6O3. The summed E-state index contributed by atoms with van der Waals surface area (Å²) < 4.78 is 11.3. The van der Waals surface area contributed by atoms with Gasteiger partial charge >= 0.3 is 0 Å². The van der Waals surface area contributed by atoms with Crippen LogP contribution in [0, 0.1) is 0 Å². The summed E-state index contributed by atoms with van der Waals surface area (Å²) in [4.78, 5) is 29.4. The zero-order valence-electron chi connectivity index (χ0n) is 15.7. The van der Waals surface area contributed by atoms with Gasteiger partial charge in [0.15, 0.2) is 0 Å². The number of amides is 1. The number of morpholine rings is 2. The molecule has 2 aliphatic heterocycles. The minimum absolute atomic E-state index is 0.110. The van der Waals surface area contributed by atoms with E-state index in [0.717, 1.165) is 29.9 Å². The molecule has 1 unspecified atom stereocenters. The lowest BCUT2D eigenvalue weighted by atomic mass is 10.0. The van der Waals surface area contributed by atoms with Crippen molar-refractivity contribution in [3.8, 4) is 11.1 Å². The Morgan fingerprint density at radius 1 is 1.21 bits per heavy atom. The Morgan fingerprint density at radius 2 is 2.07 bits per heavy atom. The van der Waals surface area contributed by atoms with Crippen molar-refractivity contribution in [2.24, 2.45) is 0 Å². The van der Waals surface area contributed by atoms with Gasteiger partial charge in [0.25, 0.3) is 0 Å². The van der Waals surface area contributed by atoms with Gasteiger partial charge in [0.1, 0.15) is 18.2 Å². The summed E-state index contributed by atoms with van der Waals surface area (Å²) in [6.07, 6.45) is 4.59. The molecule has 2 saturated heterocycles. The summed E-state index contributed by atoms with van der Waals surface area (Å²) in [5.74, 6) is 0.540. The molecule has 2 N–H and O–H groups in total. The molecule has 0 bridgehead atoms. The molecule has 28 heavy (non-hydrogen) atoms. The van der Waals surface area contributed by atoms with Crippen LogP contribution in [0.3, 0.4) is 0 Å². The van der Waals surface area contributed by atoms with Crippen LogP contribution in [0.1, 0.15) is 11.8 Å². The quantitative estimate of drug-likeness (QED) is 0.805. The molecule has 0 radical (unpaired) electrons. The molecule has 9 heteroatoms. The number of pyridine rings is 1. The second-order valence-corrected chi connectivity index (χ2v) is 6.88. The Labute approximate surface area is 163 Å². The standard InChI is InChI=1S/C19H24N6O3/c20-17-9-14(1-2-22-17)15-10-21-13-23-19(15)16-11-25(5-8-28-16)18(26)12-24-3-6-27-7-4-24/h1-2,9-10,13,16H,3-8,11-12H2,(H2,20,22). The van der Waals surface area contributed by atoms with Crippen LogP contribution in [0.5, 0.6) is 0 Å². The number of carbonyl (C=O) groups is 1. The van der Waals surface area contributed by atoms with E-state index in [0.29, 0.717) is 45.3 Å². The molecule has 0 aliphatic carbocycles. The molecule has 2 aliphatic rings. The van der Waals surface area contributed by atoms with Crippen LogP contribution in [0.4, 0.5) is 5.82 Å². The van der Waals surface area contributed by atoms with Gasteiger partial charge < -0.3 is 20.1 Å². The van der Waals surface area contributed by atoms with Crippen LogP contribution in [-0.4, -0.2) is 83.2 Å². The number of anilines is 1. The molecule has 1 atom stereocenters. The fourth-order valence-corrected chi connectivity index (χ4v) is 3.53. The zero-order chi connectivity index (χ0) is 19.3. The van der Waals surface area contributed by atoms with Crippen LogP contribution >= 0.6 is 0 Å². The number of nitrogens with two attached hydrogens (primary N) is 1. The van der Waals surface area contributed by atoms with Gasteiger partial charge in [-0.05, 0) is 17.7 Å². The smallest absolute Gasteiger partial charge is 0.236 e. The highest BCUT2D eigenvalue weighted by atomic mass is 16.5. The van der Waals surface area contributed by atoms with E-state index >= 15 is 0 Å². The third-order valence-electron chi connectivity index (χ3n) is 5.02. The average Bonchev–Trinajstić information content (AvgIpc) is 2.74. The molecule has 0 saturated carbocycles. The van der Waals surface area contributed by atoms with Crippen molar-refractivity contribution in [3.63, 3.8) is 0 Å². The lowest BCUT2D eigenvalue weighted by Crippen LogP contribution is -2.48. The van der Waals surface area contributed by atoms with Crippen LogP contribution in [0.15, 0.2) is 30.9 Å². The van der Waals surface area contributed by atoms with E-state index in [1.54, 1.807) is 18.5 Å². The zero-order valence-corrected chi connectivity index (χ0v) is 15.7. The summed E-state index contributed by atoms with van der Waals surface area (Å²) in [5.41, 5.74) is 8.29. The molecule has 2 aromatic rings. The minimum Gasteiger partial charge on any atom is -0.384 e. The highest BCUT2D eigenvalue weighted by Crippen LogP contribution is 2.30. The van der Waals surface area contributed by atoms with Gasteiger partial charge in [0.05, 0.1) is 38.6 Å². The molecule has 4 heterocycles. The highest BCUT2D eigenvalue weighted by Gasteiger charge is 2.29. The predicted octanol–water partition coefficient (Wildman–Crippen LogP) is 0.353. The van der Waals surface area contributed by atoms with Crippen molar-refractivity contribution in [2.45, 2.75) is 6.10 Å². The maximum absolute atomic E-state index is 12.8. The third-order valence-corrected chi connectivity index (χ3v) is 5.02. The second kappa shape index (κ2) is 8.59. The fourth-order valence-electron chi connectivity index (χ4n) is 3.53.